The molecule has 0 atom stereocenters. The first-order valence-corrected chi connectivity index (χ1v) is 7.31. The van der Waals surface area contributed by atoms with Gasteiger partial charge in [-0.2, -0.15) is 0 Å². The Hall–Kier alpha value is -1.70. The lowest BCUT2D eigenvalue weighted by atomic mass is 9.98. The van der Waals surface area contributed by atoms with Gasteiger partial charge in [-0.05, 0) is 43.0 Å². The molecule has 0 saturated heterocycles. The van der Waals surface area contributed by atoms with Gasteiger partial charge in [0, 0.05) is 0 Å². The van der Waals surface area contributed by atoms with E-state index in [0.29, 0.717) is 0 Å². The predicted octanol–water partition coefficient (Wildman–Crippen LogP) is 5.24. The van der Waals surface area contributed by atoms with E-state index in [1.165, 1.54) is 30.4 Å². The molecular formula is C18H26O2. The molecule has 0 N–H and O–H groups in total. The molecule has 0 bridgehead atoms. The fourth-order valence-corrected chi connectivity index (χ4v) is 2.14. The Labute approximate surface area is 123 Å². The van der Waals surface area contributed by atoms with Crippen molar-refractivity contribution in [3.05, 3.63) is 42.0 Å². The average Bonchev–Trinajstić information content (AvgIpc) is 2.50. The smallest absolute Gasteiger partial charge is 0.161 e. The van der Waals surface area contributed by atoms with Gasteiger partial charge >= 0.3 is 0 Å². The molecule has 2 heteroatoms. The van der Waals surface area contributed by atoms with Gasteiger partial charge in [-0.15, -0.1) is 0 Å². The van der Waals surface area contributed by atoms with Gasteiger partial charge < -0.3 is 9.47 Å². The van der Waals surface area contributed by atoms with Crippen molar-refractivity contribution in [2.24, 2.45) is 0 Å². The molecule has 0 spiro atoms. The summed E-state index contributed by atoms with van der Waals surface area (Å²) in [4.78, 5) is 0. The van der Waals surface area contributed by atoms with E-state index < -0.39 is 0 Å². The van der Waals surface area contributed by atoms with Crippen molar-refractivity contribution in [1.82, 2.24) is 0 Å². The summed E-state index contributed by atoms with van der Waals surface area (Å²) >= 11 is 0. The van der Waals surface area contributed by atoms with Crippen molar-refractivity contribution in [3.63, 3.8) is 0 Å². The molecule has 2 nitrogen and oxygen atoms in total. The van der Waals surface area contributed by atoms with Crippen molar-refractivity contribution < 1.29 is 9.47 Å². The van der Waals surface area contributed by atoms with Crippen LogP contribution in [-0.4, -0.2) is 14.2 Å². The van der Waals surface area contributed by atoms with Crippen molar-refractivity contribution >= 4 is 5.57 Å². The highest BCUT2D eigenvalue weighted by Gasteiger charge is 2.07. The topological polar surface area (TPSA) is 18.5 Å². The van der Waals surface area contributed by atoms with E-state index >= 15 is 0 Å². The van der Waals surface area contributed by atoms with Crippen LogP contribution in [0.25, 0.3) is 5.57 Å². The number of unbranched alkanes of at least 4 members (excludes halogenated alkanes) is 2. The molecule has 1 aromatic carbocycles. The van der Waals surface area contributed by atoms with Crippen LogP contribution in [0.4, 0.5) is 0 Å². The lowest BCUT2D eigenvalue weighted by Crippen LogP contribution is -1.93. The van der Waals surface area contributed by atoms with Crippen LogP contribution in [0.15, 0.2) is 36.4 Å². The molecule has 0 aromatic heterocycles. The van der Waals surface area contributed by atoms with Crippen LogP contribution in [0, 0.1) is 0 Å². The second-order valence-electron chi connectivity index (χ2n) is 4.74. The van der Waals surface area contributed by atoms with Gasteiger partial charge in [0.05, 0.1) is 14.2 Å². The second kappa shape index (κ2) is 9.24. The first kappa shape index (κ1) is 16.4. The summed E-state index contributed by atoms with van der Waals surface area (Å²) in [5, 5.41) is 0. The van der Waals surface area contributed by atoms with E-state index in [0.717, 1.165) is 17.9 Å². The molecule has 0 aliphatic carbocycles. The molecule has 0 saturated carbocycles. The maximum atomic E-state index is 5.39. The number of rotatable bonds is 8. The van der Waals surface area contributed by atoms with Gasteiger partial charge in [0.15, 0.2) is 11.5 Å². The summed E-state index contributed by atoms with van der Waals surface area (Å²) in [6.45, 7) is 4.26. The molecule has 1 aromatic rings. The third-order valence-electron chi connectivity index (χ3n) is 3.29. The fourth-order valence-electron chi connectivity index (χ4n) is 2.14. The lowest BCUT2D eigenvalue weighted by molar-refractivity contribution is 0.355. The zero-order valence-electron chi connectivity index (χ0n) is 13.1. The molecule has 0 radical (unpaired) electrons. The van der Waals surface area contributed by atoms with Crippen LogP contribution in [0.3, 0.4) is 0 Å². The Kier molecular flexibility index (Phi) is 7.56. The quantitative estimate of drug-likeness (QED) is 0.476. The van der Waals surface area contributed by atoms with Crippen molar-refractivity contribution in [2.75, 3.05) is 14.2 Å². The van der Waals surface area contributed by atoms with Crippen LogP contribution in [-0.2, 0) is 0 Å². The maximum Gasteiger partial charge on any atom is 0.161 e. The normalized spacial score (nSPS) is 11.9. The minimum Gasteiger partial charge on any atom is -0.493 e. The number of hydrogen-bond donors (Lipinski definition) is 0. The van der Waals surface area contributed by atoms with Crippen LogP contribution in [0.2, 0.25) is 0 Å². The molecule has 0 fully saturated rings. The van der Waals surface area contributed by atoms with Gasteiger partial charge in [0.25, 0.3) is 0 Å². The molecule has 110 valence electrons. The third-order valence-corrected chi connectivity index (χ3v) is 3.29. The molecule has 20 heavy (non-hydrogen) atoms. The molecule has 0 unspecified atom stereocenters. The monoisotopic (exact) mass is 274 g/mol. The van der Waals surface area contributed by atoms with Crippen LogP contribution in [0.5, 0.6) is 11.5 Å². The van der Waals surface area contributed by atoms with E-state index in [1.807, 2.05) is 13.0 Å². The molecular weight excluding hydrogens is 248 g/mol. The number of allylic oxidation sites excluding steroid dienone is 4. The summed E-state index contributed by atoms with van der Waals surface area (Å²) in [6.07, 6.45) is 11.2. The van der Waals surface area contributed by atoms with E-state index in [9.17, 15) is 0 Å². The summed E-state index contributed by atoms with van der Waals surface area (Å²) in [7, 11) is 3.34. The molecule has 0 heterocycles. The maximum absolute atomic E-state index is 5.39. The van der Waals surface area contributed by atoms with Crippen LogP contribution < -0.4 is 9.47 Å². The average molecular weight is 274 g/mol. The van der Waals surface area contributed by atoms with Gasteiger partial charge in [0.2, 0.25) is 0 Å². The number of hydrogen-bond acceptors (Lipinski definition) is 2. The second-order valence-corrected chi connectivity index (χ2v) is 4.74. The van der Waals surface area contributed by atoms with Gasteiger partial charge in [-0.25, -0.2) is 0 Å². The van der Waals surface area contributed by atoms with E-state index in [1.54, 1.807) is 14.2 Å². The fraction of sp³-hybridized carbons (Fsp3) is 0.444. The molecule has 0 aliphatic heterocycles. The summed E-state index contributed by atoms with van der Waals surface area (Å²) < 4.78 is 10.7. The minimum absolute atomic E-state index is 0.773. The van der Waals surface area contributed by atoms with E-state index in [-0.39, 0.29) is 0 Å². The van der Waals surface area contributed by atoms with Gasteiger partial charge in [-0.1, -0.05) is 44.1 Å². The number of benzene rings is 1. The van der Waals surface area contributed by atoms with Gasteiger partial charge in [0.1, 0.15) is 0 Å². The predicted molar refractivity (Wildman–Crippen MR) is 86.5 cm³/mol. The third kappa shape index (κ3) is 4.76. The zero-order chi connectivity index (χ0) is 14.8. The van der Waals surface area contributed by atoms with Crippen LogP contribution in [0.1, 0.15) is 45.1 Å². The lowest BCUT2D eigenvalue weighted by Gasteiger charge is -2.12. The highest BCUT2D eigenvalue weighted by molar-refractivity contribution is 5.69. The highest BCUT2D eigenvalue weighted by Crippen LogP contribution is 2.32. The largest absolute Gasteiger partial charge is 0.493 e. The number of ether oxygens (including phenoxy) is 2. The van der Waals surface area contributed by atoms with E-state index in [4.69, 9.17) is 9.47 Å². The molecule has 0 amide bonds. The van der Waals surface area contributed by atoms with Gasteiger partial charge in [-0.3, -0.25) is 0 Å². The number of methoxy groups -OCH3 is 2. The Morgan fingerprint density at radius 2 is 1.85 bits per heavy atom. The zero-order valence-corrected chi connectivity index (χ0v) is 13.1. The summed E-state index contributed by atoms with van der Waals surface area (Å²) in [6, 6.07) is 6.13. The van der Waals surface area contributed by atoms with Crippen LogP contribution >= 0.6 is 0 Å². The Morgan fingerprint density at radius 1 is 1.10 bits per heavy atom. The Morgan fingerprint density at radius 3 is 2.45 bits per heavy atom. The first-order chi connectivity index (χ1) is 9.76. The highest BCUT2D eigenvalue weighted by atomic mass is 16.5. The SMILES string of the molecule is C/C=C/C=C(\CCCCC)c1ccc(OC)c(OC)c1. The van der Waals surface area contributed by atoms with Crippen molar-refractivity contribution in [2.45, 2.75) is 39.5 Å². The molecule has 0 aliphatic rings. The Balaban J connectivity index is 3.00. The molecule has 1 rings (SSSR count). The summed E-state index contributed by atoms with van der Waals surface area (Å²) in [5.41, 5.74) is 2.55. The van der Waals surface area contributed by atoms with E-state index in [2.05, 4.69) is 37.3 Å². The van der Waals surface area contributed by atoms with Crippen molar-refractivity contribution in [3.8, 4) is 11.5 Å². The first-order valence-electron chi connectivity index (χ1n) is 7.31. The standard InChI is InChI=1S/C18H26O2/c1-5-7-9-11-15(10-8-6-2)16-12-13-17(19-3)18(14-16)20-4/h6,8,10,12-14H,5,7,9,11H2,1-4H3/b8-6+,15-10+. The van der Waals surface area contributed by atoms with Crippen molar-refractivity contribution in [1.29, 1.82) is 0 Å². The Bertz CT molecular complexity index is 458. The summed E-state index contributed by atoms with van der Waals surface area (Å²) in [5.74, 6) is 1.56. The minimum atomic E-state index is 0.773.